The molecule has 1 aromatic carbocycles. The lowest BCUT2D eigenvalue weighted by Gasteiger charge is -2.21. The van der Waals surface area contributed by atoms with E-state index >= 15 is 0 Å². The number of hydrogen-bond acceptors (Lipinski definition) is 4. The Hall–Kier alpha value is -1.83. The zero-order valence-electron chi connectivity index (χ0n) is 15.4. The highest BCUT2D eigenvalue weighted by Crippen LogP contribution is 2.21. The van der Waals surface area contributed by atoms with Gasteiger partial charge in [0.1, 0.15) is 0 Å². The van der Waals surface area contributed by atoms with Crippen molar-refractivity contribution in [1.82, 2.24) is 10.6 Å². The van der Waals surface area contributed by atoms with Crippen LogP contribution < -0.4 is 16.4 Å². The maximum absolute atomic E-state index is 12.1. The Labute approximate surface area is 170 Å². The average molecular weight is 420 g/mol. The van der Waals surface area contributed by atoms with E-state index in [1.165, 1.54) is 0 Å². The standard InChI is InChI=1S/C18H26ClN3O4.ClH/c1-11(2)17(20)18(26)22-10-13(12-3-5-14(19)6-4-12)9-15(23)21-8-7-16(24)25;/h3-6,11,13,17H,7-10,20H2,1-2H3,(H,21,23)(H,22,26)(H,24,25);1H/t13-,17-;/m0./s1. The summed E-state index contributed by atoms with van der Waals surface area (Å²) in [4.78, 5) is 34.7. The molecular weight excluding hydrogens is 393 g/mol. The number of nitrogens with two attached hydrogens (primary N) is 1. The van der Waals surface area contributed by atoms with Gasteiger partial charge in [0, 0.05) is 30.5 Å². The number of rotatable bonds is 10. The smallest absolute Gasteiger partial charge is 0.305 e. The van der Waals surface area contributed by atoms with Gasteiger partial charge >= 0.3 is 5.97 Å². The number of benzene rings is 1. The lowest BCUT2D eigenvalue weighted by atomic mass is 9.94. The van der Waals surface area contributed by atoms with Crippen molar-refractivity contribution in [2.45, 2.75) is 38.6 Å². The maximum Gasteiger partial charge on any atom is 0.305 e. The molecule has 9 heteroatoms. The normalized spacial score (nSPS) is 12.6. The van der Waals surface area contributed by atoms with E-state index in [-0.39, 0.29) is 62.0 Å². The number of halogens is 2. The maximum atomic E-state index is 12.1. The molecule has 0 aliphatic heterocycles. The molecule has 2 atom stereocenters. The van der Waals surface area contributed by atoms with Gasteiger partial charge in [0.25, 0.3) is 0 Å². The van der Waals surface area contributed by atoms with Gasteiger partial charge in [0.05, 0.1) is 12.5 Å². The van der Waals surface area contributed by atoms with E-state index in [0.717, 1.165) is 5.56 Å². The number of carbonyl (C=O) groups excluding carboxylic acids is 2. The monoisotopic (exact) mass is 419 g/mol. The Morgan fingerprint density at radius 2 is 1.74 bits per heavy atom. The summed E-state index contributed by atoms with van der Waals surface area (Å²) in [6.07, 6.45) is -0.0320. The molecule has 0 saturated heterocycles. The number of amides is 2. The molecule has 0 heterocycles. The van der Waals surface area contributed by atoms with E-state index in [1.54, 1.807) is 24.3 Å². The van der Waals surface area contributed by atoms with Crippen LogP contribution in [0.4, 0.5) is 0 Å². The van der Waals surface area contributed by atoms with Gasteiger partial charge in [0.2, 0.25) is 11.8 Å². The summed E-state index contributed by atoms with van der Waals surface area (Å²) in [5.41, 5.74) is 6.68. The first-order valence-electron chi connectivity index (χ1n) is 8.48. The second kappa shape index (κ2) is 12.5. The molecule has 0 aliphatic carbocycles. The van der Waals surface area contributed by atoms with Gasteiger partial charge < -0.3 is 21.5 Å². The topological polar surface area (TPSA) is 122 Å². The van der Waals surface area contributed by atoms with E-state index in [2.05, 4.69) is 10.6 Å². The summed E-state index contributed by atoms with van der Waals surface area (Å²) in [7, 11) is 0. The Balaban J connectivity index is 0.00000676. The number of hydrogen-bond donors (Lipinski definition) is 4. The number of carboxylic acid groups (broad SMARTS) is 1. The number of aliphatic carboxylic acids is 1. The van der Waals surface area contributed by atoms with Crippen molar-refractivity contribution in [2.24, 2.45) is 11.7 Å². The number of nitrogens with one attached hydrogen (secondary N) is 2. The molecule has 0 spiro atoms. The second-order valence-corrected chi connectivity index (χ2v) is 6.90. The fraction of sp³-hybridized carbons (Fsp3) is 0.500. The van der Waals surface area contributed by atoms with Crippen LogP contribution in [-0.2, 0) is 14.4 Å². The van der Waals surface area contributed by atoms with Crippen LogP contribution in [0.5, 0.6) is 0 Å². The summed E-state index contributed by atoms with van der Waals surface area (Å²) < 4.78 is 0. The van der Waals surface area contributed by atoms with Crippen molar-refractivity contribution in [1.29, 1.82) is 0 Å². The van der Waals surface area contributed by atoms with Gasteiger partial charge in [-0.25, -0.2) is 0 Å². The average Bonchev–Trinajstić information content (AvgIpc) is 2.57. The molecule has 0 radical (unpaired) electrons. The van der Waals surface area contributed by atoms with Crippen molar-refractivity contribution in [3.63, 3.8) is 0 Å². The lowest BCUT2D eigenvalue weighted by molar-refractivity contribution is -0.137. The quantitative estimate of drug-likeness (QED) is 0.461. The highest BCUT2D eigenvalue weighted by Gasteiger charge is 2.21. The van der Waals surface area contributed by atoms with Crippen LogP contribution in [0.15, 0.2) is 24.3 Å². The predicted octanol–water partition coefficient (Wildman–Crippen LogP) is 1.93. The largest absolute Gasteiger partial charge is 0.481 e. The van der Waals surface area contributed by atoms with Crippen molar-refractivity contribution < 1.29 is 19.5 Å². The highest BCUT2D eigenvalue weighted by atomic mass is 35.5. The molecule has 27 heavy (non-hydrogen) atoms. The van der Waals surface area contributed by atoms with Crippen LogP contribution in [-0.4, -0.2) is 42.0 Å². The minimum Gasteiger partial charge on any atom is -0.481 e. The molecule has 7 nitrogen and oxygen atoms in total. The van der Waals surface area contributed by atoms with E-state index in [0.29, 0.717) is 5.02 Å². The van der Waals surface area contributed by atoms with Crippen molar-refractivity contribution in [3.05, 3.63) is 34.9 Å². The summed E-state index contributed by atoms with van der Waals surface area (Å²) >= 11 is 5.90. The van der Waals surface area contributed by atoms with Crippen molar-refractivity contribution in [2.75, 3.05) is 13.1 Å². The molecule has 152 valence electrons. The van der Waals surface area contributed by atoms with Gasteiger partial charge in [-0.15, -0.1) is 12.4 Å². The molecule has 0 aliphatic rings. The third kappa shape index (κ3) is 9.60. The molecule has 0 unspecified atom stereocenters. The fourth-order valence-electron chi connectivity index (χ4n) is 2.29. The number of carboxylic acids is 1. The van der Waals surface area contributed by atoms with Crippen LogP contribution in [0.2, 0.25) is 5.02 Å². The summed E-state index contributed by atoms with van der Waals surface area (Å²) in [5.74, 6) is -1.81. The molecule has 1 rings (SSSR count). The molecule has 0 fully saturated rings. The Morgan fingerprint density at radius 3 is 2.26 bits per heavy atom. The molecule has 0 aromatic heterocycles. The zero-order chi connectivity index (χ0) is 19.7. The molecule has 0 saturated carbocycles. The van der Waals surface area contributed by atoms with Crippen LogP contribution in [0.25, 0.3) is 0 Å². The van der Waals surface area contributed by atoms with Crippen LogP contribution in [0.3, 0.4) is 0 Å². The van der Waals surface area contributed by atoms with Crippen LogP contribution >= 0.6 is 24.0 Å². The molecule has 0 bridgehead atoms. The summed E-state index contributed by atoms with van der Waals surface area (Å²) in [5, 5.41) is 14.6. The van der Waals surface area contributed by atoms with Crippen molar-refractivity contribution >= 4 is 41.8 Å². The van der Waals surface area contributed by atoms with Gasteiger partial charge in [0.15, 0.2) is 0 Å². The van der Waals surface area contributed by atoms with Gasteiger partial charge in [-0.2, -0.15) is 0 Å². The van der Waals surface area contributed by atoms with E-state index in [4.69, 9.17) is 22.4 Å². The van der Waals surface area contributed by atoms with Gasteiger partial charge in [-0.3, -0.25) is 14.4 Å². The van der Waals surface area contributed by atoms with E-state index in [1.807, 2.05) is 13.8 Å². The Morgan fingerprint density at radius 1 is 1.15 bits per heavy atom. The van der Waals surface area contributed by atoms with E-state index < -0.39 is 12.0 Å². The SMILES string of the molecule is CC(C)[C@H](N)C(=O)NC[C@H](CC(=O)NCCC(=O)O)c1ccc(Cl)cc1.Cl. The Kier molecular flexibility index (Phi) is 11.7. The van der Waals surface area contributed by atoms with Gasteiger partial charge in [-0.05, 0) is 23.6 Å². The minimum absolute atomic E-state index is 0. The number of carbonyl (C=O) groups is 3. The third-order valence-corrected chi connectivity index (χ3v) is 4.23. The summed E-state index contributed by atoms with van der Waals surface area (Å²) in [6, 6.07) is 6.41. The van der Waals surface area contributed by atoms with Crippen LogP contribution in [0.1, 0.15) is 38.2 Å². The first kappa shape index (κ1) is 25.2. The van der Waals surface area contributed by atoms with Crippen molar-refractivity contribution in [3.8, 4) is 0 Å². The summed E-state index contributed by atoms with van der Waals surface area (Å²) in [6.45, 7) is 4.02. The van der Waals surface area contributed by atoms with E-state index in [9.17, 15) is 14.4 Å². The lowest BCUT2D eigenvalue weighted by Crippen LogP contribution is -2.45. The molecule has 1 aromatic rings. The molecule has 5 N–H and O–H groups in total. The molecular formula is C18H27Cl2N3O4. The second-order valence-electron chi connectivity index (χ2n) is 6.46. The highest BCUT2D eigenvalue weighted by molar-refractivity contribution is 6.30. The van der Waals surface area contributed by atoms with Crippen LogP contribution in [0, 0.1) is 5.92 Å². The van der Waals surface area contributed by atoms with Gasteiger partial charge in [-0.1, -0.05) is 37.6 Å². The minimum atomic E-state index is -0.977. The Bertz CT molecular complexity index is 624. The fourth-order valence-corrected chi connectivity index (χ4v) is 2.42. The predicted molar refractivity (Wildman–Crippen MR) is 107 cm³/mol. The zero-order valence-corrected chi connectivity index (χ0v) is 17.0. The first-order chi connectivity index (χ1) is 12.2. The first-order valence-corrected chi connectivity index (χ1v) is 8.85. The third-order valence-electron chi connectivity index (χ3n) is 3.98. The molecule has 2 amide bonds.